The number of anilines is 1. The number of nitrogens with zero attached hydrogens (tertiary/aromatic N) is 2. The second-order valence-corrected chi connectivity index (χ2v) is 7.92. The Hall–Kier alpha value is -3.71. The Morgan fingerprint density at radius 3 is 2.59 bits per heavy atom. The van der Waals surface area contributed by atoms with Gasteiger partial charge < -0.3 is 9.73 Å². The number of amides is 1. The van der Waals surface area contributed by atoms with Gasteiger partial charge in [0.2, 0.25) is 5.89 Å². The van der Waals surface area contributed by atoms with Crippen LogP contribution in [0.25, 0.3) is 22.6 Å². The Morgan fingerprint density at radius 2 is 1.91 bits per heavy atom. The molecule has 8 heteroatoms. The molecule has 0 bridgehead atoms. The van der Waals surface area contributed by atoms with Crippen LogP contribution in [0, 0.1) is 10.1 Å². The van der Waals surface area contributed by atoms with Crippen LogP contribution in [0.15, 0.2) is 65.1 Å². The molecule has 7 nitrogen and oxygen atoms in total. The second kappa shape index (κ2) is 8.80. The van der Waals surface area contributed by atoms with Crippen LogP contribution >= 0.6 is 11.6 Å². The maximum atomic E-state index is 12.5. The Kier molecular flexibility index (Phi) is 5.92. The number of halogens is 1. The van der Waals surface area contributed by atoms with Crippen molar-refractivity contribution in [3.63, 3.8) is 0 Å². The number of aromatic nitrogens is 1. The third-order valence-corrected chi connectivity index (χ3v) is 5.71. The summed E-state index contributed by atoms with van der Waals surface area (Å²) in [6.07, 6.45) is 1.05. The second-order valence-electron chi connectivity index (χ2n) is 7.51. The van der Waals surface area contributed by atoms with Gasteiger partial charge in [-0.25, -0.2) is 4.98 Å². The molecular weight excluding hydrogens is 430 g/mol. The molecule has 0 aliphatic heterocycles. The lowest BCUT2D eigenvalue weighted by Gasteiger charge is -2.07. The SMILES string of the molecule is CCC(C)c1ccc2oc(-c3ccc(NC(=O)c4ccc(Cl)c([N+](=O)[O-])c4)cc3)nc2c1. The third kappa shape index (κ3) is 4.33. The molecule has 1 atom stereocenters. The Balaban J connectivity index is 1.52. The van der Waals surface area contributed by atoms with Crippen molar-refractivity contribution in [3.05, 3.63) is 86.9 Å². The lowest BCUT2D eigenvalue weighted by Crippen LogP contribution is -2.12. The normalized spacial score (nSPS) is 12.0. The van der Waals surface area contributed by atoms with Gasteiger partial charge in [-0.15, -0.1) is 0 Å². The van der Waals surface area contributed by atoms with Gasteiger partial charge in [0.15, 0.2) is 5.58 Å². The summed E-state index contributed by atoms with van der Waals surface area (Å²) < 4.78 is 5.88. The molecule has 162 valence electrons. The maximum absolute atomic E-state index is 12.5. The van der Waals surface area contributed by atoms with E-state index in [1.807, 2.05) is 6.07 Å². The molecule has 1 unspecified atom stereocenters. The Morgan fingerprint density at radius 1 is 1.16 bits per heavy atom. The van der Waals surface area contributed by atoms with E-state index in [1.165, 1.54) is 17.7 Å². The highest BCUT2D eigenvalue weighted by Gasteiger charge is 2.17. The number of hydrogen-bond acceptors (Lipinski definition) is 5. The zero-order valence-electron chi connectivity index (χ0n) is 17.5. The van der Waals surface area contributed by atoms with Gasteiger partial charge in [0, 0.05) is 22.9 Å². The van der Waals surface area contributed by atoms with E-state index in [4.69, 9.17) is 16.0 Å². The van der Waals surface area contributed by atoms with Crippen molar-refractivity contribution < 1.29 is 14.1 Å². The summed E-state index contributed by atoms with van der Waals surface area (Å²) in [7, 11) is 0. The number of nitrogens with one attached hydrogen (secondary N) is 1. The first-order valence-electron chi connectivity index (χ1n) is 10.1. The molecule has 0 radical (unpaired) electrons. The van der Waals surface area contributed by atoms with Gasteiger partial charge >= 0.3 is 0 Å². The van der Waals surface area contributed by atoms with Crippen LogP contribution in [-0.4, -0.2) is 15.8 Å². The van der Waals surface area contributed by atoms with Crippen LogP contribution in [0.1, 0.15) is 42.1 Å². The molecule has 1 N–H and O–H groups in total. The smallest absolute Gasteiger partial charge is 0.288 e. The zero-order chi connectivity index (χ0) is 22.8. The van der Waals surface area contributed by atoms with Gasteiger partial charge in [0.25, 0.3) is 11.6 Å². The summed E-state index contributed by atoms with van der Waals surface area (Å²) in [6, 6.07) is 17.0. The molecule has 0 aliphatic rings. The molecule has 32 heavy (non-hydrogen) atoms. The summed E-state index contributed by atoms with van der Waals surface area (Å²) >= 11 is 5.80. The average molecular weight is 450 g/mol. The van der Waals surface area contributed by atoms with Crippen LogP contribution in [0.3, 0.4) is 0 Å². The number of oxazole rings is 1. The monoisotopic (exact) mass is 449 g/mol. The summed E-state index contributed by atoms with van der Waals surface area (Å²) in [5.41, 5.74) is 3.87. The quantitative estimate of drug-likeness (QED) is 0.257. The van der Waals surface area contributed by atoms with Crippen LogP contribution in [0.5, 0.6) is 0 Å². The number of rotatable bonds is 6. The molecule has 0 spiro atoms. The van der Waals surface area contributed by atoms with Crippen LogP contribution < -0.4 is 5.32 Å². The van der Waals surface area contributed by atoms with Crippen LogP contribution in [0.2, 0.25) is 5.02 Å². The number of nitro benzene ring substituents is 1. The largest absolute Gasteiger partial charge is 0.436 e. The predicted molar refractivity (Wildman–Crippen MR) is 124 cm³/mol. The van der Waals surface area contributed by atoms with E-state index in [-0.39, 0.29) is 16.3 Å². The van der Waals surface area contributed by atoms with Gasteiger partial charge in [-0.2, -0.15) is 0 Å². The van der Waals surface area contributed by atoms with Crippen molar-refractivity contribution in [2.45, 2.75) is 26.2 Å². The number of carbonyl (C=O) groups excluding carboxylic acids is 1. The van der Waals surface area contributed by atoms with Gasteiger partial charge in [0.05, 0.1) is 4.92 Å². The molecule has 3 aromatic carbocycles. The van der Waals surface area contributed by atoms with E-state index in [2.05, 4.69) is 36.3 Å². The Bertz CT molecular complexity index is 1310. The number of fused-ring (bicyclic) bond motifs is 1. The van der Waals surface area contributed by atoms with E-state index in [9.17, 15) is 14.9 Å². The van der Waals surface area contributed by atoms with E-state index >= 15 is 0 Å². The molecule has 4 rings (SSSR count). The minimum absolute atomic E-state index is 0.0227. The lowest BCUT2D eigenvalue weighted by atomic mass is 9.98. The Labute approximate surface area is 189 Å². The first-order chi connectivity index (χ1) is 15.4. The van der Waals surface area contributed by atoms with E-state index in [0.29, 0.717) is 23.1 Å². The lowest BCUT2D eigenvalue weighted by molar-refractivity contribution is -0.384. The minimum Gasteiger partial charge on any atom is -0.436 e. The van der Waals surface area contributed by atoms with Crippen molar-refractivity contribution in [1.29, 1.82) is 0 Å². The number of benzene rings is 3. The molecule has 1 amide bonds. The summed E-state index contributed by atoms with van der Waals surface area (Å²) in [4.78, 5) is 27.5. The number of hydrogen-bond donors (Lipinski definition) is 1. The van der Waals surface area contributed by atoms with Crippen LogP contribution in [-0.2, 0) is 0 Å². The molecule has 0 saturated heterocycles. The van der Waals surface area contributed by atoms with E-state index in [0.717, 1.165) is 23.6 Å². The third-order valence-electron chi connectivity index (χ3n) is 5.39. The molecule has 1 aromatic heterocycles. The molecule has 0 fully saturated rings. The van der Waals surface area contributed by atoms with Gasteiger partial charge in [-0.05, 0) is 66.4 Å². The maximum Gasteiger partial charge on any atom is 0.288 e. The topological polar surface area (TPSA) is 98.3 Å². The van der Waals surface area contributed by atoms with Crippen molar-refractivity contribution in [2.75, 3.05) is 5.32 Å². The number of carbonyl (C=O) groups is 1. The molecule has 1 heterocycles. The summed E-state index contributed by atoms with van der Waals surface area (Å²) in [5, 5.41) is 13.7. The summed E-state index contributed by atoms with van der Waals surface area (Å²) in [5.74, 6) is 0.467. The first kappa shape index (κ1) is 21.5. The fourth-order valence-corrected chi connectivity index (χ4v) is 3.49. The highest BCUT2D eigenvalue weighted by atomic mass is 35.5. The number of nitro groups is 1. The van der Waals surface area contributed by atoms with Gasteiger partial charge in [-0.1, -0.05) is 31.5 Å². The highest BCUT2D eigenvalue weighted by Crippen LogP contribution is 2.29. The zero-order valence-corrected chi connectivity index (χ0v) is 18.2. The van der Waals surface area contributed by atoms with E-state index < -0.39 is 10.8 Å². The van der Waals surface area contributed by atoms with Crippen molar-refractivity contribution in [3.8, 4) is 11.5 Å². The average Bonchev–Trinajstić information content (AvgIpc) is 3.22. The molecule has 0 aliphatic carbocycles. The van der Waals surface area contributed by atoms with Crippen molar-refractivity contribution in [1.82, 2.24) is 4.98 Å². The molecular formula is C24H20ClN3O4. The minimum atomic E-state index is -0.625. The first-order valence-corrected chi connectivity index (χ1v) is 10.5. The molecule has 4 aromatic rings. The predicted octanol–water partition coefficient (Wildman–Crippen LogP) is 6.82. The van der Waals surface area contributed by atoms with E-state index in [1.54, 1.807) is 24.3 Å². The van der Waals surface area contributed by atoms with Crippen LogP contribution in [0.4, 0.5) is 11.4 Å². The van der Waals surface area contributed by atoms with Gasteiger partial charge in [-0.3, -0.25) is 14.9 Å². The van der Waals surface area contributed by atoms with Crippen molar-refractivity contribution >= 4 is 40.0 Å². The van der Waals surface area contributed by atoms with Gasteiger partial charge in [0.1, 0.15) is 10.5 Å². The fourth-order valence-electron chi connectivity index (χ4n) is 3.30. The molecule has 0 saturated carbocycles. The summed E-state index contributed by atoms with van der Waals surface area (Å²) in [6.45, 7) is 4.33. The highest BCUT2D eigenvalue weighted by molar-refractivity contribution is 6.32. The standard InChI is InChI=1S/C24H20ClN3O4/c1-3-14(2)16-7-11-22-20(12-16)27-24(32-22)15-4-8-18(9-5-15)26-23(29)17-6-10-19(25)21(13-17)28(30)31/h4-14H,3H2,1-2H3,(H,26,29). The van der Waals surface area contributed by atoms with Crippen molar-refractivity contribution in [2.24, 2.45) is 0 Å². The fraction of sp³-hybridized carbons (Fsp3) is 0.167.